The normalized spacial score (nSPS) is 49.0. The standard InChI is InChI=1S/C19H21NS/c1-12-13-7-17(16(20)21)10-18(14-5-3-2-4-6-14)9-15(12)19(18,8-13)11-17/h2-6,13,15H,1,7-11H2,(H2,20,21). The highest BCUT2D eigenvalue weighted by atomic mass is 32.1. The number of hydrogen-bond donors (Lipinski definition) is 1. The SMILES string of the molecule is C=C1C2CC3(C(N)=S)CC4(c5ccccc5)CC1C4(C2)C3. The largest absolute Gasteiger partial charge is 0.393 e. The highest BCUT2D eigenvalue weighted by Gasteiger charge is 2.79. The monoisotopic (exact) mass is 295 g/mol. The molecule has 108 valence electrons. The Morgan fingerprint density at radius 1 is 1.14 bits per heavy atom. The molecule has 0 heterocycles. The van der Waals surface area contributed by atoms with E-state index in [9.17, 15) is 0 Å². The molecule has 4 fully saturated rings. The predicted molar refractivity (Wildman–Crippen MR) is 89.0 cm³/mol. The predicted octanol–water partition coefficient (Wildman–Crippen LogP) is 3.98. The van der Waals surface area contributed by atoms with Gasteiger partial charge in [-0.15, -0.1) is 0 Å². The summed E-state index contributed by atoms with van der Waals surface area (Å²) in [7, 11) is 0. The van der Waals surface area contributed by atoms with Crippen LogP contribution < -0.4 is 5.73 Å². The maximum absolute atomic E-state index is 6.25. The van der Waals surface area contributed by atoms with Crippen molar-refractivity contribution in [2.75, 3.05) is 0 Å². The van der Waals surface area contributed by atoms with Crippen molar-refractivity contribution in [1.82, 2.24) is 0 Å². The smallest absolute Gasteiger partial charge is 0.0790 e. The van der Waals surface area contributed by atoms with E-state index in [2.05, 4.69) is 36.9 Å². The molecule has 0 aliphatic heterocycles. The van der Waals surface area contributed by atoms with Crippen molar-refractivity contribution >= 4 is 17.2 Å². The Morgan fingerprint density at radius 3 is 2.62 bits per heavy atom. The topological polar surface area (TPSA) is 26.0 Å². The second-order valence-corrected chi connectivity index (χ2v) is 8.48. The van der Waals surface area contributed by atoms with Crippen LogP contribution in [0.4, 0.5) is 0 Å². The first-order valence-electron chi connectivity index (χ1n) is 8.07. The molecular formula is C19H21NS. The fraction of sp³-hybridized carbons (Fsp3) is 0.526. The molecule has 1 nitrogen and oxygen atoms in total. The summed E-state index contributed by atoms with van der Waals surface area (Å²) in [6.07, 6.45) is 6.16. The molecule has 4 aliphatic carbocycles. The third-order valence-corrected chi connectivity index (χ3v) is 7.97. The maximum Gasteiger partial charge on any atom is 0.0790 e. The Morgan fingerprint density at radius 2 is 1.90 bits per heavy atom. The molecule has 1 spiro atoms. The first-order chi connectivity index (χ1) is 10.0. The number of thiocarbonyl (C=S) groups is 1. The molecule has 0 radical (unpaired) electrons. The van der Waals surface area contributed by atoms with Crippen LogP contribution in [0.15, 0.2) is 42.5 Å². The molecule has 0 saturated heterocycles. The minimum atomic E-state index is 0.0995. The maximum atomic E-state index is 6.25. The third-order valence-electron chi connectivity index (χ3n) is 7.54. The first-order valence-corrected chi connectivity index (χ1v) is 8.48. The molecule has 0 amide bonds. The van der Waals surface area contributed by atoms with Gasteiger partial charge in [0.25, 0.3) is 0 Å². The van der Waals surface area contributed by atoms with Crippen molar-refractivity contribution in [1.29, 1.82) is 0 Å². The van der Waals surface area contributed by atoms with Gasteiger partial charge in [0.15, 0.2) is 0 Å². The van der Waals surface area contributed by atoms with Gasteiger partial charge in [-0.1, -0.05) is 54.7 Å². The van der Waals surface area contributed by atoms with Crippen LogP contribution in [0.25, 0.3) is 0 Å². The van der Waals surface area contributed by atoms with Crippen LogP contribution in [-0.2, 0) is 5.41 Å². The Balaban J connectivity index is 1.74. The van der Waals surface area contributed by atoms with Gasteiger partial charge < -0.3 is 5.73 Å². The summed E-state index contributed by atoms with van der Waals surface area (Å²) in [5, 5.41) is 0. The Kier molecular flexibility index (Phi) is 2.02. The number of nitrogens with two attached hydrogens (primary N) is 1. The lowest BCUT2D eigenvalue weighted by Crippen LogP contribution is -2.55. The van der Waals surface area contributed by atoms with Crippen LogP contribution in [-0.4, -0.2) is 4.99 Å². The van der Waals surface area contributed by atoms with Crippen molar-refractivity contribution in [2.45, 2.75) is 37.5 Å². The Hall–Kier alpha value is -1.15. The zero-order valence-electron chi connectivity index (χ0n) is 12.3. The van der Waals surface area contributed by atoms with E-state index < -0.39 is 0 Å². The van der Waals surface area contributed by atoms with Crippen molar-refractivity contribution in [3.05, 3.63) is 48.0 Å². The van der Waals surface area contributed by atoms with Gasteiger partial charge in [0.2, 0.25) is 0 Å². The van der Waals surface area contributed by atoms with E-state index >= 15 is 0 Å². The van der Waals surface area contributed by atoms with Gasteiger partial charge in [0.05, 0.1) is 4.99 Å². The number of benzene rings is 1. The molecule has 4 saturated carbocycles. The van der Waals surface area contributed by atoms with Crippen LogP contribution in [0.2, 0.25) is 0 Å². The summed E-state index contributed by atoms with van der Waals surface area (Å²) in [6.45, 7) is 4.46. The molecule has 21 heavy (non-hydrogen) atoms. The molecule has 0 aromatic heterocycles. The summed E-state index contributed by atoms with van der Waals surface area (Å²) >= 11 is 5.54. The highest BCUT2D eigenvalue weighted by Crippen LogP contribution is 2.85. The number of fused-ring (bicyclic) bond motifs is 2. The van der Waals surface area contributed by atoms with E-state index in [0.717, 1.165) is 17.3 Å². The zero-order chi connectivity index (χ0) is 14.5. The Labute approximate surface area is 131 Å². The molecule has 1 aromatic rings. The molecule has 5 rings (SSSR count). The molecule has 2 N–H and O–H groups in total. The van der Waals surface area contributed by atoms with Crippen molar-refractivity contribution in [3.8, 4) is 0 Å². The lowest BCUT2D eigenvalue weighted by molar-refractivity contribution is -0.0247. The van der Waals surface area contributed by atoms with E-state index in [4.69, 9.17) is 18.0 Å². The van der Waals surface area contributed by atoms with Gasteiger partial charge in [-0.2, -0.15) is 0 Å². The van der Waals surface area contributed by atoms with Gasteiger partial charge in [-0.05, 0) is 54.9 Å². The van der Waals surface area contributed by atoms with Crippen molar-refractivity contribution < 1.29 is 0 Å². The van der Waals surface area contributed by atoms with Gasteiger partial charge in [0.1, 0.15) is 0 Å². The summed E-state index contributed by atoms with van der Waals surface area (Å²) in [5.41, 5.74) is 10.1. The number of rotatable bonds is 2. The quantitative estimate of drug-likeness (QED) is 0.660. The summed E-state index contributed by atoms with van der Waals surface area (Å²) < 4.78 is 0. The van der Waals surface area contributed by atoms with Crippen LogP contribution >= 0.6 is 12.2 Å². The second-order valence-electron chi connectivity index (χ2n) is 8.04. The van der Waals surface area contributed by atoms with Crippen LogP contribution in [0.5, 0.6) is 0 Å². The average Bonchev–Trinajstić information content (AvgIpc) is 2.74. The van der Waals surface area contributed by atoms with Gasteiger partial charge in [0, 0.05) is 10.8 Å². The van der Waals surface area contributed by atoms with Crippen LogP contribution in [0.1, 0.15) is 37.7 Å². The fourth-order valence-electron chi connectivity index (χ4n) is 6.84. The minimum Gasteiger partial charge on any atom is -0.393 e. The van der Waals surface area contributed by atoms with Crippen LogP contribution in [0, 0.1) is 22.7 Å². The van der Waals surface area contributed by atoms with E-state index in [1.807, 2.05) is 0 Å². The van der Waals surface area contributed by atoms with Gasteiger partial charge >= 0.3 is 0 Å². The summed E-state index contributed by atoms with van der Waals surface area (Å²) in [6, 6.07) is 11.1. The molecule has 4 aliphatic rings. The molecule has 5 unspecified atom stereocenters. The fourth-order valence-corrected chi connectivity index (χ4v) is 7.07. The van der Waals surface area contributed by atoms with Gasteiger partial charge in [-0.25, -0.2) is 0 Å². The second kappa shape index (κ2) is 3.43. The highest BCUT2D eigenvalue weighted by molar-refractivity contribution is 7.80. The number of hydrogen-bond acceptors (Lipinski definition) is 1. The molecular weight excluding hydrogens is 274 g/mol. The molecule has 5 atom stereocenters. The number of allylic oxidation sites excluding steroid dienone is 1. The van der Waals surface area contributed by atoms with E-state index in [-0.39, 0.29) is 5.41 Å². The van der Waals surface area contributed by atoms with Gasteiger partial charge in [-0.3, -0.25) is 0 Å². The molecule has 3 bridgehead atoms. The summed E-state index contributed by atoms with van der Waals surface area (Å²) in [5.74, 6) is 1.39. The zero-order valence-corrected chi connectivity index (χ0v) is 13.1. The average molecular weight is 295 g/mol. The van der Waals surface area contributed by atoms with E-state index in [1.54, 1.807) is 0 Å². The third kappa shape index (κ3) is 1.13. The Bertz CT molecular complexity index is 680. The van der Waals surface area contributed by atoms with E-state index in [0.29, 0.717) is 16.7 Å². The van der Waals surface area contributed by atoms with E-state index in [1.165, 1.54) is 36.8 Å². The molecule has 1 aromatic carbocycles. The lowest BCUT2D eigenvalue weighted by atomic mass is 9.44. The van der Waals surface area contributed by atoms with Crippen LogP contribution in [0.3, 0.4) is 0 Å². The summed E-state index contributed by atoms with van der Waals surface area (Å²) in [4.78, 5) is 0.768. The molecule has 2 heteroatoms. The minimum absolute atomic E-state index is 0.0995. The van der Waals surface area contributed by atoms with Crippen molar-refractivity contribution in [2.24, 2.45) is 28.4 Å². The van der Waals surface area contributed by atoms with Crippen molar-refractivity contribution in [3.63, 3.8) is 0 Å². The lowest BCUT2D eigenvalue weighted by Gasteiger charge is -2.59. The first kappa shape index (κ1) is 12.4.